The molecule has 31 heavy (non-hydrogen) atoms. The molecule has 0 unspecified atom stereocenters. The normalized spacial score (nSPS) is 13.5. The first-order chi connectivity index (χ1) is 15.0. The summed E-state index contributed by atoms with van der Waals surface area (Å²) in [4.78, 5) is 27.2. The molecule has 5 nitrogen and oxygen atoms in total. The van der Waals surface area contributed by atoms with Gasteiger partial charge in [0.1, 0.15) is 0 Å². The number of hydrogen-bond donors (Lipinski definition) is 2. The minimum Gasteiger partial charge on any atom is -0.334 e. The fraction of sp³-hybridized carbons (Fsp3) is 0.120. The molecular formula is C25H21ClN2O3. The van der Waals surface area contributed by atoms with Crippen molar-refractivity contribution in [3.8, 4) is 0 Å². The summed E-state index contributed by atoms with van der Waals surface area (Å²) in [5.41, 5.74) is 6.22. The Morgan fingerprint density at radius 1 is 0.935 bits per heavy atom. The second kappa shape index (κ2) is 9.16. The summed E-state index contributed by atoms with van der Waals surface area (Å²) in [7, 11) is 0. The number of amides is 2. The molecule has 2 N–H and O–H groups in total. The number of benzene rings is 3. The first kappa shape index (κ1) is 20.8. The third kappa shape index (κ3) is 4.68. The Morgan fingerprint density at radius 2 is 1.74 bits per heavy atom. The summed E-state index contributed by atoms with van der Waals surface area (Å²) in [5, 5.41) is 9.47. The van der Waals surface area contributed by atoms with Crippen LogP contribution in [0.1, 0.15) is 32.6 Å². The van der Waals surface area contributed by atoms with E-state index in [9.17, 15) is 9.59 Å². The molecule has 0 fully saturated rings. The first-order valence-electron chi connectivity index (χ1n) is 9.93. The minimum absolute atomic E-state index is 0.103. The zero-order valence-corrected chi connectivity index (χ0v) is 17.5. The van der Waals surface area contributed by atoms with E-state index in [1.807, 2.05) is 54.6 Å². The van der Waals surface area contributed by atoms with Crippen molar-refractivity contribution in [1.29, 1.82) is 0 Å². The lowest BCUT2D eigenvalue weighted by Gasteiger charge is -2.30. The molecule has 1 aliphatic heterocycles. The molecule has 0 aromatic heterocycles. The quantitative estimate of drug-likeness (QED) is 0.274. The van der Waals surface area contributed by atoms with Gasteiger partial charge in [-0.1, -0.05) is 60.1 Å². The summed E-state index contributed by atoms with van der Waals surface area (Å²) in [6, 6.07) is 22.2. The van der Waals surface area contributed by atoms with E-state index in [0.717, 1.165) is 22.3 Å². The van der Waals surface area contributed by atoms with E-state index in [2.05, 4.69) is 0 Å². The second-order valence-corrected chi connectivity index (χ2v) is 7.82. The maximum atomic E-state index is 13.6. The van der Waals surface area contributed by atoms with E-state index in [-0.39, 0.29) is 5.91 Å². The van der Waals surface area contributed by atoms with Gasteiger partial charge < -0.3 is 4.90 Å². The van der Waals surface area contributed by atoms with Crippen LogP contribution in [-0.2, 0) is 17.8 Å². The number of fused-ring (bicyclic) bond motifs is 1. The van der Waals surface area contributed by atoms with Crippen LogP contribution < -0.4 is 5.48 Å². The maximum Gasteiger partial charge on any atom is 0.274 e. The fourth-order valence-corrected chi connectivity index (χ4v) is 3.94. The highest BCUT2D eigenvalue weighted by Crippen LogP contribution is 2.27. The molecule has 4 rings (SSSR count). The van der Waals surface area contributed by atoms with Gasteiger partial charge in [-0.25, -0.2) is 5.48 Å². The zero-order valence-electron chi connectivity index (χ0n) is 16.7. The smallest absolute Gasteiger partial charge is 0.274 e. The zero-order chi connectivity index (χ0) is 21.8. The number of rotatable bonds is 4. The van der Waals surface area contributed by atoms with Crippen molar-refractivity contribution in [2.45, 2.75) is 13.0 Å². The molecule has 0 bridgehead atoms. The van der Waals surface area contributed by atoms with Gasteiger partial charge >= 0.3 is 0 Å². The van der Waals surface area contributed by atoms with Crippen LogP contribution in [0.4, 0.5) is 0 Å². The minimum atomic E-state index is -0.574. The molecule has 156 valence electrons. The van der Waals surface area contributed by atoms with E-state index in [0.29, 0.717) is 35.7 Å². The number of halogens is 1. The summed E-state index contributed by atoms with van der Waals surface area (Å²) < 4.78 is 0. The van der Waals surface area contributed by atoms with Crippen LogP contribution in [0.15, 0.2) is 72.8 Å². The van der Waals surface area contributed by atoms with Gasteiger partial charge in [0.2, 0.25) is 0 Å². The Bertz CT molecular complexity index is 1160. The van der Waals surface area contributed by atoms with Gasteiger partial charge in [0.05, 0.1) is 0 Å². The molecule has 3 aromatic rings. The molecule has 0 radical (unpaired) electrons. The average molecular weight is 433 g/mol. The molecule has 1 heterocycles. The molecule has 1 aliphatic rings. The summed E-state index contributed by atoms with van der Waals surface area (Å²) >= 11 is 6.20. The van der Waals surface area contributed by atoms with E-state index in [4.69, 9.17) is 16.8 Å². The van der Waals surface area contributed by atoms with Crippen molar-refractivity contribution in [2.75, 3.05) is 6.54 Å². The third-order valence-corrected chi connectivity index (χ3v) is 5.58. The molecule has 0 saturated carbocycles. The van der Waals surface area contributed by atoms with Crippen LogP contribution in [0.25, 0.3) is 11.6 Å². The lowest BCUT2D eigenvalue weighted by atomic mass is 9.95. The Labute approximate surface area is 185 Å². The standard InChI is InChI=1S/C25H21ClN2O3/c26-22-8-4-7-19(15-22)23(13-17-5-2-1-3-6-17)25(30)28-12-11-18-9-10-20(24(29)27-31)14-21(18)16-28/h1-10,13-15,31H,11-12,16H2,(H,27,29). The maximum absolute atomic E-state index is 13.6. The summed E-state index contributed by atoms with van der Waals surface area (Å²) in [6.45, 7) is 0.956. The second-order valence-electron chi connectivity index (χ2n) is 7.38. The van der Waals surface area contributed by atoms with Crippen molar-refractivity contribution >= 4 is 35.1 Å². The van der Waals surface area contributed by atoms with E-state index in [1.54, 1.807) is 34.6 Å². The number of nitrogens with one attached hydrogen (secondary N) is 1. The van der Waals surface area contributed by atoms with Gasteiger partial charge in [-0.3, -0.25) is 14.8 Å². The Balaban J connectivity index is 1.68. The van der Waals surface area contributed by atoms with Crippen molar-refractivity contribution in [3.05, 3.63) is 106 Å². The molecule has 3 aromatic carbocycles. The molecule has 0 saturated heterocycles. The highest BCUT2D eigenvalue weighted by Gasteiger charge is 2.25. The van der Waals surface area contributed by atoms with Crippen LogP contribution in [0, 0.1) is 0 Å². The van der Waals surface area contributed by atoms with Crippen LogP contribution in [0.2, 0.25) is 5.02 Å². The van der Waals surface area contributed by atoms with Gasteiger partial charge in [0, 0.05) is 29.2 Å². The summed E-state index contributed by atoms with van der Waals surface area (Å²) in [6.07, 6.45) is 2.56. The molecule has 0 atom stereocenters. The van der Waals surface area contributed by atoms with Gasteiger partial charge in [-0.2, -0.15) is 0 Å². The van der Waals surface area contributed by atoms with Crippen molar-refractivity contribution < 1.29 is 14.8 Å². The lowest BCUT2D eigenvalue weighted by Crippen LogP contribution is -2.36. The van der Waals surface area contributed by atoms with E-state index < -0.39 is 5.91 Å². The number of hydroxylamine groups is 1. The van der Waals surface area contributed by atoms with Crippen molar-refractivity contribution in [3.63, 3.8) is 0 Å². The Hall–Kier alpha value is -3.41. The average Bonchev–Trinajstić information content (AvgIpc) is 2.81. The number of nitrogens with zero attached hydrogens (tertiary/aromatic N) is 1. The van der Waals surface area contributed by atoms with Gasteiger partial charge in [0.25, 0.3) is 11.8 Å². The van der Waals surface area contributed by atoms with Gasteiger partial charge in [-0.05, 0) is 59.0 Å². The Morgan fingerprint density at radius 3 is 2.48 bits per heavy atom. The van der Waals surface area contributed by atoms with Crippen LogP contribution in [0.3, 0.4) is 0 Å². The number of carbonyl (C=O) groups is 2. The largest absolute Gasteiger partial charge is 0.334 e. The molecule has 2 amide bonds. The molecule has 0 spiro atoms. The third-order valence-electron chi connectivity index (χ3n) is 5.35. The molecule has 0 aliphatic carbocycles. The Kier molecular flexibility index (Phi) is 6.16. The predicted octanol–water partition coefficient (Wildman–Crippen LogP) is 4.58. The highest BCUT2D eigenvalue weighted by atomic mass is 35.5. The predicted molar refractivity (Wildman–Crippen MR) is 121 cm³/mol. The number of carbonyl (C=O) groups excluding carboxylic acids is 2. The fourth-order valence-electron chi connectivity index (χ4n) is 3.75. The van der Waals surface area contributed by atoms with Crippen molar-refractivity contribution in [2.24, 2.45) is 0 Å². The van der Waals surface area contributed by atoms with E-state index in [1.165, 1.54) is 0 Å². The monoisotopic (exact) mass is 432 g/mol. The molecular weight excluding hydrogens is 412 g/mol. The van der Waals surface area contributed by atoms with Crippen LogP contribution in [-0.4, -0.2) is 28.5 Å². The lowest BCUT2D eigenvalue weighted by molar-refractivity contribution is -0.125. The van der Waals surface area contributed by atoms with E-state index >= 15 is 0 Å². The van der Waals surface area contributed by atoms with Crippen molar-refractivity contribution in [1.82, 2.24) is 10.4 Å². The topological polar surface area (TPSA) is 69.6 Å². The highest BCUT2D eigenvalue weighted by molar-refractivity contribution is 6.31. The first-order valence-corrected chi connectivity index (χ1v) is 10.3. The van der Waals surface area contributed by atoms with Gasteiger partial charge in [-0.15, -0.1) is 0 Å². The number of hydrogen-bond acceptors (Lipinski definition) is 3. The SMILES string of the molecule is O=C(NO)c1ccc2c(c1)CN(C(=O)C(=Cc1ccccc1)c1cccc(Cl)c1)CC2. The summed E-state index contributed by atoms with van der Waals surface area (Å²) in [5.74, 6) is -0.677. The van der Waals surface area contributed by atoms with Crippen LogP contribution >= 0.6 is 11.6 Å². The molecule has 6 heteroatoms. The van der Waals surface area contributed by atoms with Gasteiger partial charge in [0.15, 0.2) is 0 Å². The van der Waals surface area contributed by atoms with Crippen LogP contribution in [0.5, 0.6) is 0 Å².